The minimum Gasteiger partial charge on any atom is -0.316 e. The van der Waals surface area contributed by atoms with Crippen molar-refractivity contribution in [3.05, 3.63) is 29.3 Å². The topological polar surface area (TPSA) is 49.4 Å². The third-order valence-electron chi connectivity index (χ3n) is 3.01. The van der Waals surface area contributed by atoms with Crippen molar-refractivity contribution in [2.24, 2.45) is 0 Å². The number of anilines is 1. The lowest BCUT2D eigenvalue weighted by molar-refractivity contribution is -0.125. The zero-order chi connectivity index (χ0) is 13.1. The highest BCUT2D eigenvalue weighted by molar-refractivity contribution is 7.81. The highest BCUT2D eigenvalue weighted by Crippen LogP contribution is 2.29. The fraction of sp³-hybridized carbons (Fsp3) is 0.385. The van der Waals surface area contributed by atoms with Crippen LogP contribution in [0.2, 0.25) is 0 Å². The van der Waals surface area contributed by atoms with E-state index in [0.29, 0.717) is 18.5 Å². The van der Waals surface area contributed by atoms with Gasteiger partial charge in [0.1, 0.15) is 0 Å². The Morgan fingerprint density at radius 2 is 2.22 bits per heavy atom. The average Bonchev–Trinajstić information content (AvgIpc) is 2.38. The number of nitrogens with zero attached hydrogens (tertiary/aromatic N) is 1. The number of nitrogens with one attached hydrogen (secondary N) is 1. The van der Waals surface area contributed by atoms with E-state index in [4.69, 9.17) is 0 Å². The van der Waals surface area contributed by atoms with Gasteiger partial charge in [-0.2, -0.15) is 12.6 Å². The first-order valence-corrected chi connectivity index (χ1v) is 6.53. The van der Waals surface area contributed by atoms with Crippen LogP contribution < -0.4 is 10.2 Å². The maximum atomic E-state index is 11.8. The Bertz CT molecular complexity index is 488. The van der Waals surface area contributed by atoms with E-state index in [1.54, 1.807) is 0 Å². The van der Waals surface area contributed by atoms with Crippen molar-refractivity contribution in [1.82, 2.24) is 5.32 Å². The number of rotatable bonds is 3. The molecule has 0 spiro atoms. The molecule has 2 amide bonds. The maximum absolute atomic E-state index is 11.8. The largest absolute Gasteiger partial charge is 0.316 e. The number of benzene rings is 1. The zero-order valence-electron chi connectivity index (χ0n) is 10.3. The molecule has 0 saturated carbocycles. The second-order valence-electron chi connectivity index (χ2n) is 4.27. The van der Waals surface area contributed by atoms with E-state index in [1.165, 1.54) is 4.90 Å². The number of fused-ring (bicyclic) bond motifs is 1. The van der Waals surface area contributed by atoms with Crippen molar-refractivity contribution in [2.45, 2.75) is 19.4 Å². The van der Waals surface area contributed by atoms with Gasteiger partial charge in [0, 0.05) is 13.0 Å². The predicted octanol–water partition coefficient (Wildman–Crippen LogP) is 1.14. The number of hydrogen-bond acceptors (Lipinski definition) is 4. The number of aryl methyl sites for hydroxylation is 1. The van der Waals surface area contributed by atoms with Gasteiger partial charge < -0.3 is 5.32 Å². The fourth-order valence-corrected chi connectivity index (χ4v) is 2.34. The molecule has 0 unspecified atom stereocenters. The molecular formula is C13H16N2O2S. The summed E-state index contributed by atoms with van der Waals surface area (Å²) in [7, 11) is 1.89. The van der Waals surface area contributed by atoms with E-state index in [2.05, 4.69) is 24.0 Å². The highest BCUT2D eigenvalue weighted by atomic mass is 32.1. The van der Waals surface area contributed by atoms with E-state index in [0.717, 1.165) is 17.7 Å². The highest BCUT2D eigenvalue weighted by Gasteiger charge is 2.28. The summed E-state index contributed by atoms with van der Waals surface area (Å²) in [5.74, 6) is -0.350. The van der Waals surface area contributed by atoms with Gasteiger partial charge in [-0.25, -0.2) is 4.90 Å². The summed E-state index contributed by atoms with van der Waals surface area (Å²) in [6.45, 7) is 0.780. The van der Waals surface area contributed by atoms with Gasteiger partial charge in [-0.3, -0.25) is 9.59 Å². The summed E-state index contributed by atoms with van der Waals surface area (Å²) in [6.07, 6.45) is 1.08. The van der Waals surface area contributed by atoms with Gasteiger partial charge in [-0.05, 0) is 30.7 Å². The third-order valence-corrected chi connectivity index (χ3v) is 3.28. The molecule has 5 heteroatoms. The summed E-state index contributed by atoms with van der Waals surface area (Å²) >= 11 is 3.96. The molecule has 0 aromatic heterocycles. The number of imide groups is 1. The Morgan fingerprint density at radius 1 is 1.44 bits per heavy atom. The van der Waals surface area contributed by atoms with Crippen molar-refractivity contribution in [3.8, 4) is 0 Å². The number of thiol groups is 1. The summed E-state index contributed by atoms with van der Waals surface area (Å²) in [5.41, 5.74) is 2.92. The molecule has 96 valence electrons. The summed E-state index contributed by atoms with van der Waals surface area (Å²) in [5, 5.41) is 3.09. The standard InChI is InChI=1S/C13H16N2O2S/c1-14-7-9-2-4-11-10(6-9)3-5-12(16)15(11)13(17)8-18/h2,4,6,14,18H,3,5,7-8H2,1H3. The normalized spacial score (nSPS) is 14.6. The molecule has 0 aliphatic carbocycles. The van der Waals surface area contributed by atoms with Crippen LogP contribution in [0.3, 0.4) is 0 Å². The summed E-state index contributed by atoms with van der Waals surface area (Å²) in [6, 6.07) is 5.84. The molecule has 1 heterocycles. The Labute approximate surface area is 112 Å². The first-order chi connectivity index (χ1) is 8.67. The third kappa shape index (κ3) is 2.42. The van der Waals surface area contributed by atoms with E-state index in [-0.39, 0.29) is 17.6 Å². The predicted molar refractivity (Wildman–Crippen MR) is 73.9 cm³/mol. The lowest BCUT2D eigenvalue weighted by Gasteiger charge is -2.27. The van der Waals surface area contributed by atoms with Crippen molar-refractivity contribution in [3.63, 3.8) is 0 Å². The van der Waals surface area contributed by atoms with E-state index in [9.17, 15) is 9.59 Å². The second-order valence-corrected chi connectivity index (χ2v) is 4.59. The van der Waals surface area contributed by atoms with Gasteiger partial charge in [0.15, 0.2) is 0 Å². The molecule has 1 aromatic carbocycles. The quantitative estimate of drug-likeness (QED) is 0.805. The van der Waals surface area contributed by atoms with Crippen LogP contribution in [0, 0.1) is 0 Å². The first-order valence-electron chi connectivity index (χ1n) is 5.90. The smallest absolute Gasteiger partial charge is 0.243 e. The van der Waals surface area contributed by atoms with Gasteiger partial charge >= 0.3 is 0 Å². The first kappa shape index (κ1) is 13.1. The molecule has 2 rings (SSSR count). The minimum atomic E-state index is -0.259. The van der Waals surface area contributed by atoms with Crippen LogP contribution in [0.15, 0.2) is 18.2 Å². The van der Waals surface area contributed by atoms with Crippen LogP contribution in [0.25, 0.3) is 0 Å². The van der Waals surface area contributed by atoms with Gasteiger partial charge in [0.2, 0.25) is 11.8 Å². The van der Waals surface area contributed by atoms with E-state index < -0.39 is 0 Å². The maximum Gasteiger partial charge on any atom is 0.243 e. The fourth-order valence-electron chi connectivity index (χ4n) is 2.20. The Hall–Kier alpha value is -1.33. The lowest BCUT2D eigenvalue weighted by atomic mass is 9.98. The Morgan fingerprint density at radius 3 is 2.89 bits per heavy atom. The minimum absolute atomic E-state index is 0.0451. The molecule has 1 N–H and O–H groups in total. The molecule has 4 nitrogen and oxygen atoms in total. The van der Waals surface area contributed by atoms with Crippen LogP contribution in [-0.2, 0) is 22.6 Å². The SMILES string of the molecule is CNCc1ccc2c(c1)CCC(=O)N2C(=O)CS. The van der Waals surface area contributed by atoms with E-state index in [1.807, 2.05) is 19.2 Å². The van der Waals surface area contributed by atoms with E-state index >= 15 is 0 Å². The van der Waals surface area contributed by atoms with Crippen molar-refractivity contribution in [2.75, 3.05) is 17.7 Å². The molecule has 0 atom stereocenters. The number of carbonyl (C=O) groups excluding carboxylic acids is 2. The second kappa shape index (κ2) is 5.54. The van der Waals surface area contributed by atoms with Crippen LogP contribution >= 0.6 is 12.6 Å². The van der Waals surface area contributed by atoms with Crippen LogP contribution in [0.5, 0.6) is 0 Å². The Kier molecular flexibility index (Phi) is 4.04. The molecule has 0 fully saturated rings. The van der Waals surface area contributed by atoms with Gasteiger partial charge in [0.05, 0.1) is 11.4 Å². The van der Waals surface area contributed by atoms with Crippen molar-refractivity contribution in [1.29, 1.82) is 0 Å². The molecule has 18 heavy (non-hydrogen) atoms. The molecular weight excluding hydrogens is 248 g/mol. The van der Waals surface area contributed by atoms with Crippen molar-refractivity contribution < 1.29 is 9.59 Å². The van der Waals surface area contributed by atoms with Crippen LogP contribution in [0.1, 0.15) is 17.5 Å². The Balaban J connectivity index is 2.38. The zero-order valence-corrected chi connectivity index (χ0v) is 11.2. The number of amides is 2. The lowest BCUT2D eigenvalue weighted by Crippen LogP contribution is -2.41. The van der Waals surface area contributed by atoms with Crippen molar-refractivity contribution >= 4 is 30.1 Å². The molecule has 0 saturated heterocycles. The summed E-state index contributed by atoms with van der Waals surface area (Å²) < 4.78 is 0. The molecule has 1 aromatic rings. The summed E-state index contributed by atoms with van der Waals surface area (Å²) in [4.78, 5) is 24.9. The number of carbonyl (C=O) groups is 2. The van der Waals surface area contributed by atoms with Gasteiger partial charge in [-0.15, -0.1) is 0 Å². The van der Waals surface area contributed by atoms with Gasteiger partial charge in [0.25, 0.3) is 0 Å². The molecule has 0 bridgehead atoms. The van der Waals surface area contributed by atoms with Crippen LogP contribution in [0.4, 0.5) is 5.69 Å². The monoisotopic (exact) mass is 264 g/mol. The molecule has 1 aliphatic heterocycles. The van der Waals surface area contributed by atoms with Crippen LogP contribution in [-0.4, -0.2) is 24.6 Å². The van der Waals surface area contributed by atoms with Gasteiger partial charge in [-0.1, -0.05) is 12.1 Å². The average molecular weight is 264 g/mol. The number of hydrogen-bond donors (Lipinski definition) is 2. The molecule has 0 radical (unpaired) electrons. The molecule has 1 aliphatic rings.